The van der Waals surface area contributed by atoms with Crippen LogP contribution in [0.5, 0.6) is 0 Å². The molecule has 1 saturated carbocycles. The van der Waals surface area contributed by atoms with Crippen molar-refractivity contribution in [1.29, 1.82) is 0 Å². The van der Waals surface area contributed by atoms with Crippen LogP contribution in [0.15, 0.2) is 75.4 Å². The van der Waals surface area contributed by atoms with Crippen molar-refractivity contribution in [3.63, 3.8) is 0 Å². The minimum atomic E-state index is -0.490. The van der Waals surface area contributed by atoms with Crippen LogP contribution < -0.4 is 0 Å². The molecule has 0 aliphatic heterocycles. The minimum absolute atomic E-state index is 0.0314. The second kappa shape index (κ2) is 10.4. The maximum absolute atomic E-state index is 13.1. The molecule has 9 nitrogen and oxygen atoms in total. The third kappa shape index (κ3) is 5.57. The predicted octanol–water partition coefficient (Wildman–Crippen LogP) is 6.40. The highest BCUT2D eigenvalue weighted by Gasteiger charge is 2.37. The summed E-state index contributed by atoms with van der Waals surface area (Å²) in [7, 11) is 0. The number of carbonyl (C=O) groups excluding carboxylic acids is 2. The van der Waals surface area contributed by atoms with E-state index in [1.807, 2.05) is 44.2 Å². The number of non-ortho nitro benzene ring substituents is 1. The first-order chi connectivity index (χ1) is 18.6. The Hall–Kier alpha value is -4.40. The highest BCUT2D eigenvalue weighted by atomic mass is 16.6. The van der Waals surface area contributed by atoms with Crippen LogP contribution in [-0.2, 0) is 17.6 Å². The van der Waals surface area contributed by atoms with Crippen molar-refractivity contribution in [1.82, 2.24) is 5.16 Å². The molecule has 200 valence electrons. The topological polar surface area (TPSA) is 136 Å². The number of carbonyl (C=O) groups is 2. The van der Waals surface area contributed by atoms with Gasteiger partial charge in [0.1, 0.15) is 11.5 Å². The van der Waals surface area contributed by atoms with E-state index in [0.29, 0.717) is 47.7 Å². The van der Waals surface area contributed by atoms with Crippen LogP contribution in [0.3, 0.4) is 0 Å². The second-order valence-electron chi connectivity index (χ2n) is 11.0. The number of fused-ring (bicyclic) bond motifs is 1. The molecule has 39 heavy (non-hydrogen) atoms. The van der Waals surface area contributed by atoms with E-state index in [1.165, 1.54) is 24.3 Å². The largest absolute Gasteiger partial charge is 0.511 e. The molecule has 1 N–H and O–H groups in total. The number of ketones is 2. The zero-order chi connectivity index (χ0) is 27.7. The highest BCUT2D eigenvalue weighted by molar-refractivity contribution is 6.25. The molecule has 0 radical (unpaired) electrons. The summed E-state index contributed by atoms with van der Waals surface area (Å²) in [6, 6.07) is 15.6. The molecule has 0 spiro atoms. The van der Waals surface area contributed by atoms with E-state index < -0.39 is 4.92 Å². The average Bonchev–Trinajstić information content (AvgIpc) is 3.31. The number of allylic oxidation sites excluding steroid dienone is 2. The Balaban J connectivity index is 1.39. The van der Waals surface area contributed by atoms with Crippen molar-refractivity contribution in [2.75, 3.05) is 0 Å². The molecule has 2 aliphatic rings. The third-order valence-electron chi connectivity index (χ3n) is 7.31. The van der Waals surface area contributed by atoms with Crippen molar-refractivity contribution in [3.05, 3.63) is 98.6 Å². The van der Waals surface area contributed by atoms with Crippen molar-refractivity contribution in [2.24, 2.45) is 10.4 Å². The minimum Gasteiger partial charge on any atom is -0.511 e. The summed E-state index contributed by atoms with van der Waals surface area (Å²) in [5, 5.41) is 26.2. The molecular formula is C30H29N3O6. The van der Waals surface area contributed by atoms with E-state index in [9.17, 15) is 24.8 Å². The molecule has 1 heterocycles. The number of nitro benzene ring substituents is 1. The molecule has 2 aliphatic carbocycles. The standard InChI is InChI=1S/C30H29N3O6/c1-30(2)16-23(31-20-8-10-21(11-9-20)33(37)38)28(26(36)17-30)24(34)13-12-22-29-25(35)14-19(15-27(29)39-32-22)18-6-4-3-5-7-18/h3-11,19,34H,12-17H2,1-2H3. The number of aryl methyl sites for hydroxylation is 1. The number of benzene rings is 2. The molecule has 5 rings (SSSR count). The van der Waals surface area contributed by atoms with Crippen LogP contribution >= 0.6 is 0 Å². The molecule has 0 bridgehead atoms. The quantitative estimate of drug-likeness (QED) is 0.169. The Morgan fingerprint density at radius 3 is 2.49 bits per heavy atom. The van der Waals surface area contributed by atoms with E-state index in [0.717, 1.165) is 5.56 Å². The van der Waals surface area contributed by atoms with E-state index in [2.05, 4.69) is 10.1 Å². The molecule has 0 saturated heterocycles. The van der Waals surface area contributed by atoms with E-state index in [1.54, 1.807) is 0 Å². The summed E-state index contributed by atoms with van der Waals surface area (Å²) >= 11 is 0. The van der Waals surface area contributed by atoms with Gasteiger partial charge < -0.3 is 9.63 Å². The van der Waals surface area contributed by atoms with Crippen molar-refractivity contribution >= 4 is 28.7 Å². The molecule has 0 amide bonds. The van der Waals surface area contributed by atoms with Gasteiger partial charge in [-0.2, -0.15) is 0 Å². The number of hydrogen-bond acceptors (Lipinski definition) is 8. The number of hydrogen-bond donors (Lipinski definition) is 1. The van der Waals surface area contributed by atoms with Crippen LogP contribution in [-0.4, -0.2) is 32.5 Å². The molecule has 1 aromatic heterocycles. The number of aromatic nitrogens is 1. The number of aliphatic imine (C=N–C) groups is 1. The third-order valence-corrected chi connectivity index (χ3v) is 7.31. The smallest absolute Gasteiger partial charge is 0.269 e. The molecule has 1 atom stereocenters. The fourth-order valence-electron chi connectivity index (χ4n) is 5.45. The fraction of sp³-hybridized carbons (Fsp3) is 0.333. The first-order valence-corrected chi connectivity index (χ1v) is 12.9. The number of Topliss-reactive ketones (excluding diaryl/α,β-unsaturated/α-hetero) is 2. The lowest BCUT2D eigenvalue weighted by Crippen LogP contribution is -2.32. The highest BCUT2D eigenvalue weighted by Crippen LogP contribution is 2.38. The van der Waals surface area contributed by atoms with Crippen LogP contribution in [0.2, 0.25) is 0 Å². The monoisotopic (exact) mass is 527 g/mol. The molecule has 1 unspecified atom stereocenters. The molecule has 3 aromatic rings. The Kier molecular flexibility index (Phi) is 6.99. The lowest BCUT2D eigenvalue weighted by molar-refractivity contribution is -0.384. The zero-order valence-corrected chi connectivity index (χ0v) is 21.8. The van der Waals surface area contributed by atoms with Gasteiger partial charge in [0.15, 0.2) is 11.6 Å². The van der Waals surface area contributed by atoms with Crippen molar-refractivity contribution < 1.29 is 24.1 Å². The van der Waals surface area contributed by atoms with Crippen LogP contribution in [0.4, 0.5) is 11.4 Å². The van der Waals surface area contributed by atoms with Gasteiger partial charge in [0.05, 0.1) is 33.2 Å². The molecule has 1 fully saturated rings. The van der Waals surface area contributed by atoms with Gasteiger partial charge in [0.2, 0.25) is 0 Å². The SMILES string of the molecule is CC1(C)CC(=O)C(=C(O)CCc2noc3c2C(=O)CC(c2ccccc2)C3)C(=Nc2ccc([N+](=O)[O-])cc2)C1. The van der Waals surface area contributed by atoms with Gasteiger partial charge in [0, 0.05) is 44.2 Å². The van der Waals surface area contributed by atoms with Crippen molar-refractivity contribution in [2.45, 2.75) is 58.3 Å². The Morgan fingerprint density at radius 2 is 1.79 bits per heavy atom. The van der Waals surface area contributed by atoms with E-state index in [-0.39, 0.29) is 59.2 Å². The van der Waals surface area contributed by atoms with Crippen LogP contribution in [0.25, 0.3) is 0 Å². The summed E-state index contributed by atoms with van der Waals surface area (Å²) in [6.45, 7) is 3.92. The molecule has 9 heteroatoms. The number of aliphatic hydroxyl groups is 1. The lowest BCUT2D eigenvalue weighted by Gasteiger charge is -2.31. The molecular weight excluding hydrogens is 498 g/mol. The first-order valence-electron chi connectivity index (χ1n) is 12.9. The second-order valence-corrected chi connectivity index (χ2v) is 11.0. The Labute approximate surface area is 225 Å². The normalized spacial score (nSPS) is 21.1. The number of aliphatic hydroxyl groups excluding tert-OH is 1. The summed E-state index contributed by atoms with van der Waals surface area (Å²) in [5.74, 6) is 0.221. The molecule has 2 aromatic carbocycles. The van der Waals surface area contributed by atoms with Gasteiger partial charge in [-0.3, -0.25) is 24.7 Å². The summed E-state index contributed by atoms with van der Waals surface area (Å²) in [4.78, 5) is 41.3. The zero-order valence-electron chi connectivity index (χ0n) is 21.8. The Bertz CT molecular complexity index is 1500. The van der Waals surface area contributed by atoms with Crippen LogP contribution in [0, 0.1) is 15.5 Å². The van der Waals surface area contributed by atoms with Gasteiger partial charge in [-0.15, -0.1) is 0 Å². The number of rotatable bonds is 6. The van der Waals surface area contributed by atoms with Crippen molar-refractivity contribution in [3.8, 4) is 0 Å². The van der Waals surface area contributed by atoms with Crippen LogP contribution in [0.1, 0.15) is 72.8 Å². The fourth-order valence-corrected chi connectivity index (χ4v) is 5.45. The summed E-state index contributed by atoms with van der Waals surface area (Å²) < 4.78 is 5.55. The number of nitrogens with zero attached hydrogens (tertiary/aromatic N) is 3. The van der Waals surface area contributed by atoms with E-state index in [4.69, 9.17) is 4.52 Å². The van der Waals surface area contributed by atoms with Gasteiger partial charge in [-0.05, 0) is 35.4 Å². The summed E-state index contributed by atoms with van der Waals surface area (Å²) in [5.41, 5.74) is 2.69. The predicted molar refractivity (Wildman–Crippen MR) is 145 cm³/mol. The van der Waals surface area contributed by atoms with Gasteiger partial charge in [0.25, 0.3) is 5.69 Å². The Morgan fingerprint density at radius 1 is 1.08 bits per heavy atom. The maximum Gasteiger partial charge on any atom is 0.269 e. The number of nitro groups is 1. The average molecular weight is 528 g/mol. The summed E-state index contributed by atoms with van der Waals surface area (Å²) in [6.07, 6.45) is 1.97. The van der Waals surface area contributed by atoms with Gasteiger partial charge in [-0.25, -0.2) is 0 Å². The maximum atomic E-state index is 13.1. The lowest BCUT2D eigenvalue weighted by atomic mass is 9.73. The van der Waals surface area contributed by atoms with E-state index >= 15 is 0 Å². The van der Waals surface area contributed by atoms with Gasteiger partial charge in [-0.1, -0.05) is 49.3 Å². The first kappa shape index (κ1) is 26.2. The van der Waals surface area contributed by atoms with Gasteiger partial charge >= 0.3 is 0 Å².